The number of anilines is 1. The molecule has 0 spiro atoms. The number of halogens is 3. The summed E-state index contributed by atoms with van der Waals surface area (Å²) in [6.07, 6.45) is 1.15. The second-order valence-electron chi connectivity index (χ2n) is 3.29. The van der Waals surface area contributed by atoms with Crippen LogP contribution >= 0.6 is 11.6 Å². The van der Waals surface area contributed by atoms with Crippen LogP contribution in [0.5, 0.6) is 0 Å². The van der Waals surface area contributed by atoms with Crippen LogP contribution in [0.2, 0.25) is 5.02 Å². The summed E-state index contributed by atoms with van der Waals surface area (Å²) in [5.74, 6) is -1.64. The zero-order valence-electron chi connectivity index (χ0n) is 9.15. The predicted molar refractivity (Wildman–Crippen MR) is 62.8 cm³/mol. The standard InChI is InChI=1S/C10H5ClF2N6/c11-7-1-6(12)2-8(13)9(7)15-4-5(3-14)10-16-18-19-17-10/h1-2,4,15H,(H,16,17,18,19). The topological polar surface area (TPSA) is 90.3 Å². The third-order valence-electron chi connectivity index (χ3n) is 2.07. The fourth-order valence-electron chi connectivity index (χ4n) is 1.25. The summed E-state index contributed by atoms with van der Waals surface area (Å²) < 4.78 is 26.3. The summed E-state index contributed by atoms with van der Waals surface area (Å²) in [4.78, 5) is 0. The summed E-state index contributed by atoms with van der Waals surface area (Å²) in [7, 11) is 0. The van der Waals surface area contributed by atoms with Crippen molar-refractivity contribution >= 4 is 22.9 Å². The van der Waals surface area contributed by atoms with Gasteiger partial charge in [0, 0.05) is 12.3 Å². The van der Waals surface area contributed by atoms with Gasteiger partial charge in [-0.05, 0) is 11.3 Å². The van der Waals surface area contributed by atoms with Crippen molar-refractivity contribution in [2.24, 2.45) is 0 Å². The number of nitrogens with one attached hydrogen (secondary N) is 2. The molecule has 2 rings (SSSR count). The average Bonchev–Trinajstić information content (AvgIpc) is 2.86. The SMILES string of the molecule is N#CC(=CNc1c(F)cc(F)cc1Cl)c1nn[nH]n1. The number of allylic oxidation sites excluding steroid dienone is 1. The average molecular weight is 283 g/mol. The number of benzene rings is 1. The maximum atomic E-state index is 13.5. The Morgan fingerprint density at radius 3 is 2.84 bits per heavy atom. The summed E-state index contributed by atoms with van der Waals surface area (Å²) in [5.41, 5.74) is -0.146. The lowest BCUT2D eigenvalue weighted by Gasteiger charge is -2.05. The number of nitriles is 1. The van der Waals surface area contributed by atoms with Crippen molar-refractivity contribution in [2.45, 2.75) is 0 Å². The molecule has 0 radical (unpaired) electrons. The van der Waals surface area contributed by atoms with Gasteiger partial charge in [0.25, 0.3) is 0 Å². The zero-order valence-corrected chi connectivity index (χ0v) is 9.91. The monoisotopic (exact) mass is 282 g/mol. The molecule has 0 aliphatic heterocycles. The lowest BCUT2D eigenvalue weighted by molar-refractivity contribution is 0.586. The first kappa shape index (κ1) is 12.9. The summed E-state index contributed by atoms with van der Waals surface area (Å²) in [6.45, 7) is 0. The highest BCUT2D eigenvalue weighted by atomic mass is 35.5. The molecule has 0 atom stereocenters. The molecule has 1 heterocycles. The van der Waals surface area contributed by atoms with Crippen LogP contribution in [0.15, 0.2) is 18.3 Å². The Hall–Kier alpha value is -2.53. The minimum Gasteiger partial charge on any atom is -0.357 e. The van der Waals surface area contributed by atoms with Crippen LogP contribution in [0.1, 0.15) is 5.82 Å². The number of aromatic nitrogens is 4. The van der Waals surface area contributed by atoms with E-state index < -0.39 is 11.6 Å². The van der Waals surface area contributed by atoms with Gasteiger partial charge in [-0.1, -0.05) is 11.6 Å². The summed E-state index contributed by atoms with van der Waals surface area (Å²) in [6, 6.07) is 3.41. The molecule has 0 amide bonds. The lowest BCUT2D eigenvalue weighted by Crippen LogP contribution is -1.97. The van der Waals surface area contributed by atoms with E-state index in [-0.39, 0.29) is 22.1 Å². The van der Waals surface area contributed by atoms with E-state index in [9.17, 15) is 8.78 Å². The highest BCUT2D eigenvalue weighted by Crippen LogP contribution is 2.26. The maximum Gasteiger partial charge on any atom is 0.216 e. The van der Waals surface area contributed by atoms with Gasteiger partial charge in [-0.2, -0.15) is 10.5 Å². The molecule has 2 N–H and O–H groups in total. The van der Waals surface area contributed by atoms with Crippen molar-refractivity contribution in [1.82, 2.24) is 20.6 Å². The number of aromatic amines is 1. The van der Waals surface area contributed by atoms with Crippen molar-refractivity contribution in [3.63, 3.8) is 0 Å². The normalized spacial score (nSPS) is 11.2. The van der Waals surface area contributed by atoms with E-state index in [0.717, 1.165) is 12.3 Å². The van der Waals surface area contributed by atoms with Crippen molar-refractivity contribution in [1.29, 1.82) is 5.26 Å². The van der Waals surface area contributed by atoms with Crippen molar-refractivity contribution < 1.29 is 8.78 Å². The van der Waals surface area contributed by atoms with Crippen molar-refractivity contribution in [3.05, 3.63) is 40.8 Å². The second-order valence-corrected chi connectivity index (χ2v) is 3.70. The highest BCUT2D eigenvalue weighted by molar-refractivity contribution is 6.33. The molecule has 0 unspecified atom stereocenters. The third-order valence-corrected chi connectivity index (χ3v) is 2.37. The van der Waals surface area contributed by atoms with Gasteiger partial charge in [-0.3, -0.25) is 0 Å². The molecule has 1 aromatic carbocycles. The van der Waals surface area contributed by atoms with Gasteiger partial charge in [-0.15, -0.1) is 10.2 Å². The number of nitrogens with zero attached hydrogens (tertiary/aromatic N) is 4. The Kier molecular flexibility index (Phi) is 3.68. The molecule has 96 valence electrons. The molecule has 0 saturated carbocycles. The fourth-order valence-corrected chi connectivity index (χ4v) is 1.50. The van der Waals surface area contributed by atoms with Gasteiger partial charge in [0.2, 0.25) is 5.82 Å². The van der Waals surface area contributed by atoms with Gasteiger partial charge >= 0.3 is 0 Å². The first-order chi connectivity index (χ1) is 9.11. The van der Waals surface area contributed by atoms with Gasteiger partial charge in [0.15, 0.2) is 5.82 Å². The van der Waals surface area contributed by atoms with E-state index in [4.69, 9.17) is 16.9 Å². The number of hydrogen-bond acceptors (Lipinski definition) is 5. The molecule has 0 fully saturated rings. The highest BCUT2D eigenvalue weighted by Gasteiger charge is 2.10. The first-order valence-electron chi connectivity index (χ1n) is 4.87. The van der Waals surface area contributed by atoms with E-state index in [1.807, 2.05) is 0 Å². The Morgan fingerprint density at radius 1 is 1.47 bits per heavy atom. The molecule has 6 nitrogen and oxygen atoms in total. The van der Waals surface area contributed by atoms with Crippen LogP contribution in [0, 0.1) is 23.0 Å². The summed E-state index contributed by atoms with van der Waals surface area (Å²) >= 11 is 5.68. The zero-order chi connectivity index (χ0) is 13.8. The van der Waals surface area contributed by atoms with Crippen molar-refractivity contribution in [3.8, 4) is 6.07 Å². The number of H-pyrrole nitrogens is 1. The Balaban J connectivity index is 2.30. The predicted octanol–water partition coefficient (Wildman–Crippen LogP) is 2.11. The quantitative estimate of drug-likeness (QED) is 0.842. The Labute approximate surface area is 110 Å². The fraction of sp³-hybridized carbons (Fsp3) is 0. The van der Waals surface area contributed by atoms with E-state index >= 15 is 0 Å². The summed E-state index contributed by atoms with van der Waals surface area (Å²) in [5, 5.41) is 23.9. The van der Waals surface area contributed by atoms with Gasteiger partial charge in [0.05, 0.1) is 10.7 Å². The molecule has 9 heteroatoms. The molecule has 0 saturated heterocycles. The van der Waals surface area contributed by atoms with E-state index in [0.29, 0.717) is 6.07 Å². The Morgan fingerprint density at radius 2 is 2.26 bits per heavy atom. The smallest absolute Gasteiger partial charge is 0.216 e. The van der Waals surface area contributed by atoms with Crippen LogP contribution in [0.25, 0.3) is 5.57 Å². The van der Waals surface area contributed by atoms with Gasteiger partial charge < -0.3 is 5.32 Å². The number of tetrazole rings is 1. The molecule has 0 aliphatic rings. The number of hydrogen-bond donors (Lipinski definition) is 2. The lowest BCUT2D eigenvalue weighted by atomic mass is 10.2. The van der Waals surface area contributed by atoms with Gasteiger partial charge in [-0.25, -0.2) is 8.78 Å². The van der Waals surface area contributed by atoms with Crippen LogP contribution < -0.4 is 5.32 Å². The minimum atomic E-state index is -0.883. The van der Waals surface area contributed by atoms with E-state index in [1.54, 1.807) is 6.07 Å². The molecular formula is C10H5ClF2N6. The maximum absolute atomic E-state index is 13.5. The molecule has 0 bridgehead atoms. The second kappa shape index (κ2) is 5.41. The molecule has 0 aliphatic carbocycles. The Bertz CT molecular complexity index is 638. The van der Waals surface area contributed by atoms with Crippen LogP contribution in [0.4, 0.5) is 14.5 Å². The van der Waals surface area contributed by atoms with Crippen LogP contribution in [0.3, 0.4) is 0 Å². The van der Waals surface area contributed by atoms with Crippen LogP contribution in [-0.2, 0) is 0 Å². The third kappa shape index (κ3) is 2.83. The van der Waals surface area contributed by atoms with E-state index in [1.165, 1.54) is 0 Å². The van der Waals surface area contributed by atoms with E-state index in [2.05, 4.69) is 25.9 Å². The molecule has 1 aromatic heterocycles. The van der Waals surface area contributed by atoms with Crippen molar-refractivity contribution in [2.75, 3.05) is 5.32 Å². The molecular weight excluding hydrogens is 278 g/mol. The van der Waals surface area contributed by atoms with Gasteiger partial charge in [0.1, 0.15) is 17.5 Å². The largest absolute Gasteiger partial charge is 0.357 e. The number of rotatable bonds is 3. The minimum absolute atomic E-state index is 0.00791. The molecule has 2 aromatic rings. The molecule has 19 heavy (non-hydrogen) atoms. The first-order valence-corrected chi connectivity index (χ1v) is 5.24. The van der Waals surface area contributed by atoms with Crippen LogP contribution in [-0.4, -0.2) is 20.6 Å².